The van der Waals surface area contributed by atoms with Crippen LogP contribution in [0.4, 0.5) is 5.69 Å². The molecule has 1 unspecified atom stereocenters. The van der Waals surface area contributed by atoms with Gasteiger partial charge in [0.15, 0.2) is 0 Å². The lowest BCUT2D eigenvalue weighted by Crippen LogP contribution is -2.17. The van der Waals surface area contributed by atoms with E-state index in [0.29, 0.717) is 0 Å². The maximum atomic E-state index is 9.21. The van der Waals surface area contributed by atoms with Crippen molar-refractivity contribution in [3.8, 4) is 0 Å². The summed E-state index contributed by atoms with van der Waals surface area (Å²) in [6.45, 7) is 0. The first-order chi connectivity index (χ1) is 4.88. The van der Waals surface area contributed by atoms with Gasteiger partial charge in [0.2, 0.25) is 0 Å². The van der Waals surface area contributed by atoms with E-state index in [4.69, 9.17) is 0 Å². The second-order valence-electron chi connectivity index (χ2n) is 2.26. The normalized spacial score (nSPS) is 21.9. The lowest BCUT2D eigenvalue weighted by Gasteiger charge is -1.98. The number of hydrazine groups is 1. The third-order valence-corrected chi connectivity index (χ3v) is 1.60. The number of para-hydroxylation sites is 1. The smallest absolute Gasteiger partial charge is 0.149 e. The summed E-state index contributed by atoms with van der Waals surface area (Å²) in [7, 11) is 0. The highest BCUT2D eigenvalue weighted by Crippen LogP contribution is 2.24. The molecule has 1 aliphatic heterocycles. The highest BCUT2D eigenvalue weighted by molar-refractivity contribution is 5.54. The maximum Gasteiger partial charge on any atom is 0.149 e. The van der Waals surface area contributed by atoms with Crippen LogP contribution in [-0.2, 0) is 0 Å². The zero-order valence-corrected chi connectivity index (χ0v) is 5.33. The monoisotopic (exact) mass is 136 g/mol. The van der Waals surface area contributed by atoms with Crippen LogP contribution in [-0.4, -0.2) is 5.11 Å². The Labute approximate surface area is 58.7 Å². The van der Waals surface area contributed by atoms with Gasteiger partial charge in [-0.25, -0.2) is 5.43 Å². The Morgan fingerprint density at radius 3 is 2.90 bits per heavy atom. The predicted molar refractivity (Wildman–Crippen MR) is 38.2 cm³/mol. The molecule has 0 bridgehead atoms. The molecule has 0 saturated heterocycles. The summed E-state index contributed by atoms with van der Waals surface area (Å²) >= 11 is 0. The fourth-order valence-corrected chi connectivity index (χ4v) is 1.07. The van der Waals surface area contributed by atoms with Gasteiger partial charge >= 0.3 is 0 Å². The van der Waals surface area contributed by atoms with Crippen LogP contribution < -0.4 is 10.9 Å². The predicted octanol–water partition coefficient (Wildman–Crippen LogP) is 0.608. The van der Waals surface area contributed by atoms with Crippen LogP contribution in [0.5, 0.6) is 0 Å². The van der Waals surface area contributed by atoms with Gasteiger partial charge in [0.1, 0.15) is 6.23 Å². The molecule has 0 aliphatic carbocycles. The van der Waals surface area contributed by atoms with Gasteiger partial charge in [0.05, 0.1) is 5.69 Å². The quantitative estimate of drug-likeness (QED) is 0.489. The number of rotatable bonds is 0. The summed E-state index contributed by atoms with van der Waals surface area (Å²) in [5.74, 6) is 0. The molecule has 0 radical (unpaired) electrons. The summed E-state index contributed by atoms with van der Waals surface area (Å²) in [6.07, 6.45) is -0.559. The van der Waals surface area contributed by atoms with E-state index in [0.717, 1.165) is 11.3 Å². The van der Waals surface area contributed by atoms with E-state index in [9.17, 15) is 5.11 Å². The van der Waals surface area contributed by atoms with E-state index in [-0.39, 0.29) is 0 Å². The molecule has 1 aliphatic rings. The number of nitrogens with one attached hydrogen (secondary N) is 2. The van der Waals surface area contributed by atoms with Crippen molar-refractivity contribution >= 4 is 5.69 Å². The molecular formula is C7H8N2O. The van der Waals surface area contributed by atoms with Crippen molar-refractivity contribution in [2.45, 2.75) is 6.23 Å². The first kappa shape index (κ1) is 5.70. The Bertz CT molecular complexity index is 249. The van der Waals surface area contributed by atoms with Crippen LogP contribution in [0.3, 0.4) is 0 Å². The van der Waals surface area contributed by atoms with E-state index < -0.39 is 6.23 Å². The first-order valence-corrected chi connectivity index (χ1v) is 3.16. The summed E-state index contributed by atoms with van der Waals surface area (Å²) < 4.78 is 0. The second-order valence-corrected chi connectivity index (χ2v) is 2.26. The molecule has 0 amide bonds. The summed E-state index contributed by atoms with van der Waals surface area (Å²) in [6, 6.07) is 7.62. The molecule has 52 valence electrons. The molecular weight excluding hydrogens is 128 g/mol. The molecule has 2 rings (SSSR count). The van der Waals surface area contributed by atoms with Crippen molar-refractivity contribution in [3.05, 3.63) is 29.8 Å². The van der Waals surface area contributed by atoms with Gasteiger partial charge in [0, 0.05) is 5.56 Å². The minimum Gasteiger partial charge on any atom is -0.373 e. The lowest BCUT2D eigenvalue weighted by atomic mass is 10.2. The van der Waals surface area contributed by atoms with Crippen molar-refractivity contribution in [3.63, 3.8) is 0 Å². The van der Waals surface area contributed by atoms with Crippen LogP contribution in [0.1, 0.15) is 11.8 Å². The largest absolute Gasteiger partial charge is 0.373 e. The Morgan fingerprint density at radius 1 is 1.30 bits per heavy atom. The first-order valence-electron chi connectivity index (χ1n) is 3.16. The number of aliphatic hydroxyl groups is 1. The van der Waals surface area contributed by atoms with E-state index in [1.807, 2.05) is 24.3 Å². The summed E-state index contributed by atoms with van der Waals surface area (Å²) in [5, 5.41) is 9.21. The fraction of sp³-hybridized carbons (Fsp3) is 0.143. The van der Waals surface area contributed by atoms with Gasteiger partial charge in [-0.15, -0.1) is 0 Å². The zero-order valence-electron chi connectivity index (χ0n) is 5.33. The Balaban J connectivity index is 2.51. The number of anilines is 1. The van der Waals surface area contributed by atoms with E-state index >= 15 is 0 Å². The van der Waals surface area contributed by atoms with Crippen LogP contribution in [0, 0.1) is 0 Å². The van der Waals surface area contributed by atoms with Crippen molar-refractivity contribution in [1.82, 2.24) is 5.43 Å². The molecule has 0 fully saturated rings. The number of hydrogen-bond acceptors (Lipinski definition) is 3. The van der Waals surface area contributed by atoms with Gasteiger partial charge < -0.3 is 10.5 Å². The van der Waals surface area contributed by atoms with Crippen molar-refractivity contribution in [2.75, 3.05) is 5.43 Å². The van der Waals surface area contributed by atoms with E-state index in [1.165, 1.54) is 0 Å². The molecule has 0 saturated carbocycles. The number of fused-ring (bicyclic) bond motifs is 1. The van der Waals surface area contributed by atoms with E-state index in [2.05, 4.69) is 10.9 Å². The van der Waals surface area contributed by atoms with Crippen molar-refractivity contribution < 1.29 is 5.11 Å². The molecule has 3 N–H and O–H groups in total. The molecule has 3 heteroatoms. The van der Waals surface area contributed by atoms with Gasteiger partial charge in [-0.2, -0.15) is 0 Å². The molecule has 1 atom stereocenters. The van der Waals surface area contributed by atoms with Gasteiger partial charge in [-0.05, 0) is 6.07 Å². The SMILES string of the molecule is OC1NNc2ccccc21. The highest BCUT2D eigenvalue weighted by Gasteiger charge is 2.16. The number of benzene rings is 1. The van der Waals surface area contributed by atoms with Crippen molar-refractivity contribution in [2.24, 2.45) is 0 Å². The van der Waals surface area contributed by atoms with Gasteiger partial charge in [-0.1, -0.05) is 18.2 Å². The molecule has 0 spiro atoms. The third-order valence-electron chi connectivity index (χ3n) is 1.60. The van der Waals surface area contributed by atoms with Crippen LogP contribution in [0.2, 0.25) is 0 Å². The van der Waals surface area contributed by atoms with Crippen LogP contribution in [0.25, 0.3) is 0 Å². The Kier molecular flexibility index (Phi) is 1.12. The lowest BCUT2D eigenvalue weighted by molar-refractivity contribution is 0.159. The average molecular weight is 136 g/mol. The molecule has 0 aromatic heterocycles. The Morgan fingerprint density at radius 2 is 2.10 bits per heavy atom. The standard InChI is InChI=1S/C7H8N2O/c10-7-5-3-1-2-4-6(5)8-9-7/h1-4,7-10H. The Hall–Kier alpha value is -1.06. The molecule has 10 heavy (non-hydrogen) atoms. The number of hydrogen-bond donors (Lipinski definition) is 3. The van der Waals surface area contributed by atoms with Gasteiger partial charge in [-0.3, -0.25) is 0 Å². The van der Waals surface area contributed by atoms with E-state index in [1.54, 1.807) is 0 Å². The second kappa shape index (κ2) is 1.97. The minimum atomic E-state index is -0.559. The zero-order chi connectivity index (χ0) is 6.97. The average Bonchev–Trinajstić information content (AvgIpc) is 2.34. The topological polar surface area (TPSA) is 44.3 Å². The highest BCUT2D eigenvalue weighted by atomic mass is 16.3. The molecule has 1 aromatic carbocycles. The molecule has 3 nitrogen and oxygen atoms in total. The van der Waals surface area contributed by atoms with Gasteiger partial charge in [0.25, 0.3) is 0 Å². The fourth-order valence-electron chi connectivity index (χ4n) is 1.07. The van der Waals surface area contributed by atoms with Crippen LogP contribution >= 0.6 is 0 Å². The summed E-state index contributed by atoms with van der Waals surface area (Å²) in [4.78, 5) is 0. The molecule has 1 aromatic rings. The molecule has 1 heterocycles. The summed E-state index contributed by atoms with van der Waals surface area (Å²) in [5.41, 5.74) is 7.40. The third kappa shape index (κ3) is 0.683. The van der Waals surface area contributed by atoms with Crippen molar-refractivity contribution in [1.29, 1.82) is 0 Å². The number of aliphatic hydroxyl groups excluding tert-OH is 1. The van der Waals surface area contributed by atoms with Crippen LogP contribution in [0.15, 0.2) is 24.3 Å². The minimum absolute atomic E-state index is 0.559. The maximum absolute atomic E-state index is 9.21.